The molecule has 1 aliphatic heterocycles. The molecule has 0 N–H and O–H groups in total. The van der Waals surface area contributed by atoms with Gasteiger partial charge in [0.1, 0.15) is 27.3 Å². The minimum Gasteiger partial charge on any atom is -0.315 e. The maximum atomic E-state index is 12.4. The lowest BCUT2D eigenvalue weighted by atomic mass is 10.4. The first-order valence-electron chi connectivity index (χ1n) is 5.48. The molecule has 1 aliphatic rings. The van der Waals surface area contributed by atoms with E-state index in [1.165, 1.54) is 16.4 Å². The van der Waals surface area contributed by atoms with Gasteiger partial charge < -0.3 is 4.57 Å². The summed E-state index contributed by atoms with van der Waals surface area (Å²) in [6.07, 6.45) is 1.60. The lowest BCUT2D eigenvalue weighted by Gasteiger charge is -2.25. The number of sulfonamides is 1. The van der Waals surface area contributed by atoms with E-state index in [2.05, 4.69) is 10.2 Å². The first-order valence-corrected chi connectivity index (χ1v) is 7.73. The minimum absolute atomic E-state index is 0.192. The van der Waals surface area contributed by atoms with Crippen LogP contribution in [0.25, 0.3) is 0 Å². The van der Waals surface area contributed by atoms with Crippen LogP contribution in [0.2, 0.25) is 0 Å². The molecule has 0 saturated heterocycles. The molecule has 19 heavy (non-hydrogen) atoms. The van der Waals surface area contributed by atoms with Crippen LogP contribution >= 0.6 is 11.3 Å². The molecule has 2 aromatic heterocycles. The van der Waals surface area contributed by atoms with E-state index >= 15 is 0 Å². The van der Waals surface area contributed by atoms with E-state index < -0.39 is 10.0 Å². The summed E-state index contributed by atoms with van der Waals surface area (Å²) in [5.74, 6) is 0.631. The highest BCUT2D eigenvalue weighted by Crippen LogP contribution is 2.26. The van der Waals surface area contributed by atoms with Crippen LogP contribution in [0.4, 0.5) is 0 Å². The van der Waals surface area contributed by atoms with Gasteiger partial charge in [0.05, 0.1) is 6.54 Å². The molecule has 3 heterocycles. The number of nitriles is 1. The van der Waals surface area contributed by atoms with Gasteiger partial charge in [0, 0.05) is 13.1 Å². The zero-order valence-corrected chi connectivity index (χ0v) is 11.4. The van der Waals surface area contributed by atoms with E-state index in [1.807, 2.05) is 10.6 Å². The number of thiophene rings is 1. The molecule has 0 spiro atoms. The van der Waals surface area contributed by atoms with Crippen molar-refractivity contribution in [3.8, 4) is 6.07 Å². The fourth-order valence-corrected chi connectivity index (χ4v) is 4.54. The summed E-state index contributed by atoms with van der Waals surface area (Å²) in [6, 6.07) is 4.93. The fraction of sp³-hybridized carbons (Fsp3) is 0.300. The number of rotatable bonds is 2. The number of hydrogen-bond donors (Lipinski definition) is 0. The average Bonchev–Trinajstić information content (AvgIpc) is 3.06. The van der Waals surface area contributed by atoms with Crippen LogP contribution in [0.5, 0.6) is 0 Å². The van der Waals surface area contributed by atoms with Crippen LogP contribution in [0.3, 0.4) is 0 Å². The highest BCUT2D eigenvalue weighted by molar-refractivity contribution is 7.91. The Bertz CT molecular complexity index is 755. The van der Waals surface area contributed by atoms with Crippen LogP contribution in [-0.2, 0) is 23.1 Å². The van der Waals surface area contributed by atoms with E-state index in [9.17, 15) is 8.42 Å². The fourth-order valence-electron chi connectivity index (χ4n) is 1.90. The zero-order valence-electron chi connectivity index (χ0n) is 9.72. The second-order valence-corrected chi connectivity index (χ2v) is 7.26. The largest absolute Gasteiger partial charge is 0.315 e. The third-order valence-corrected chi connectivity index (χ3v) is 6.19. The van der Waals surface area contributed by atoms with Gasteiger partial charge in [-0.1, -0.05) is 0 Å². The molecule has 0 saturated carbocycles. The maximum Gasteiger partial charge on any atom is 0.253 e. The quantitative estimate of drug-likeness (QED) is 0.800. The van der Waals surface area contributed by atoms with Crippen molar-refractivity contribution in [1.29, 1.82) is 5.26 Å². The van der Waals surface area contributed by atoms with Crippen LogP contribution in [0.1, 0.15) is 10.7 Å². The Hall–Kier alpha value is -1.76. The van der Waals surface area contributed by atoms with Gasteiger partial charge in [-0.25, -0.2) is 8.42 Å². The van der Waals surface area contributed by atoms with Crippen molar-refractivity contribution in [3.63, 3.8) is 0 Å². The molecular formula is C10H9N5O2S2. The number of nitrogens with zero attached hydrogens (tertiary/aromatic N) is 5. The molecule has 0 fully saturated rings. The van der Waals surface area contributed by atoms with E-state index in [0.29, 0.717) is 23.8 Å². The second kappa shape index (κ2) is 4.41. The topological polar surface area (TPSA) is 91.9 Å². The predicted molar refractivity (Wildman–Crippen MR) is 66.7 cm³/mol. The SMILES string of the molecule is N#Cc1ccc(S(=O)(=O)N2CCn3cnnc3C2)s1. The van der Waals surface area contributed by atoms with Crippen LogP contribution < -0.4 is 0 Å². The summed E-state index contributed by atoms with van der Waals surface area (Å²) in [5, 5.41) is 16.4. The lowest BCUT2D eigenvalue weighted by molar-refractivity contribution is 0.336. The highest BCUT2D eigenvalue weighted by Gasteiger charge is 2.30. The van der Waals surface area contributed by atoms with Crippen molar-refractivity contribution >= 4 is 21.4 Å². The summed E-state index contributed by atoms with van der Waals surface area (Å²) in [7, 11) is -3.55. The summed E-state index contributed by atoms with van der Waals surface area (Å²) < 4.78 is 28.2. The van der Waals surface area contributed by atoms with E-state index in [1.54, 1.807) is 6.33 Å². The van der Waals surface area contributed by atoms with Crippen LogP contribution in [0.15, 0.2) is 22.7 Å². The molecule has 7 nitrogen and oxygen atoms in total. The third kappa shape index (κ3) is 2.03. The number of fused-ring (bicyclic) bond motifs is 1. The summed E-state index contributed by atoms with van der Waals surface area (Å²) in [4.78, 5) is 0.388. The molecule has 2 aromatic rings. The van der Waals surface area contributed by atoms with Gasteiger partial charge in [-0.3, -0.25) is 0 Å². The Morgan fingerprint density at radius 2 is 2.21 bits per heavy atom. The maximum absolute atomic E-state index is 12.4. The van der Waals surface area contributed by atoms with E-state index in [-0.39, 0.29) is 10.8 Å². The number of aromatic nitrogens is 3. The predicted octanol–water partition coefficient (Wildman–Crippen LogP) is 0.416. The molecule has 9 heteroatoms. The zero-order chi connectivity index (χ0) is 13.5. The Kier molecular flexibility index (Phi) is 2.85. The normalized spacial score (nSPS) is 15.9. The molecule has 0 aliphatic carbocycles. The van der Waals surface area contributed by atoms with E-state index in [4.69, 9.17) is 5.26 Å². The summed E-state index contributed by atoms with van der Waals surface area (Å²) in [5.41, 5.74) is 0. The second-order valence-electron chi connectivity index (χ2n) is 4.01. The van der Waals surface area contributed by atoms with Crippen molar-refractivity contribution in [2.24, 2.45) is 0 Å². The van der Waals surface area contributed by atoms with Gasteiger partial charge in [0.15, 0.2) is 0 Å². The molecule has 0 radical (unpaired) electrons. The van der Waals surface area contributed by atoms with Gasteiger partial charge in [0.25, 0.3) is 10.0 Å². The van der Waals surface area contributed by atoms with Gasteiger partial charge in [0.2, 0.25) is 0 Å². The van der Waals surface area contributed by atoms with Crippen molar-refractivity contribution in [1.82, 2.24) is 19.1 Å². The Labute approximate surface area is 113 Å². The standard InChI is InChI=1S/C10H9N5O2S2/c11-5-8-1-2-10(18-8)19(16,17)15-4-3-14-7-12-13-9(14)6-15/h1-2,7H,3-4,6H2. The average molecular weight is 295 g/mol. The van der Waals surface area contributed by atoms with Crippen molar-refractivity contribution in [3.05, 3.63) is 29.2 Å². The molecule has 98 valence electrons. The summed E-state index contributed by atoms with van der Waals surface area (Å²) in [6.45, 7) is 1.13. The molecule has 0 amide bonds. The number of hydrogen-bond acceptors (Lipinski definition) is 6. The summed E-state index contributed by atoms with van der Waals surface area (Å²) >= 11 is 0.983. The molecular weight excluding hydrogens is 286 g/mol. The highest BCUT2D eigenvalue weighted by atomic mass is 32.2. The van der Waals surface area contributed by atoms with Crippen LogP contribution in [-0.4, -0.2) is 34.0 Å². The molecule has 3 rings (SSSR count). The monoisotopic (exact) mass is 295 g/mol. The third-order valence-electron chi connectivity index (χ3n) is 2.89. The van der Waals surface area contributed by atoms with Gasteiger partial charge in [-0.15, -0.1) is 21.5 Å². The minimum atomic E-state index is -3.55. The Morgan fingerprint density at radius 3 is 2.95 bits per heavy atom. The Morgan fingerprint density at radius 1 is 1.37 bits per heavy atom. The van der Waals surface area contributed by atoms with E-state index in [0.717, 1.165) is 11.3 Å². The Balaban J connectivity index is 1.92. The first kappa shape index (κ1) is 12.3. The van der Waals surface area contributed by atoms with Gasteiger partial charge >= 0.3 is 0 Å². The van der Waals surface area contributed by atoms with Crippen LogP contribution in [0, 0.1) is 11.3 Å². The molecule has 0 bridgehead atoms. The molecule has 0 atom stereocenters. The smallest absolute Gasteiger partial charge is 0.253 e. The van der Waals surface area contributed by atoms with Crippen molar-refractivity contribution in [2.45, 2.75) is 17.3 Å². The van der Waals surface area contributed by atoms with Crippen molar-refractivity contribution in [2.75, 3.05) is 6.54 Å². The van der Waals surface area contributed by atoms with Crippen molar-refractivity contribution < 1.29 is 8.42 Å². The lowest BCUT2D eigenvalue weighted by Crippen LogP contribution is -2.37. The van der Waals surface area contributed by atoms with Gasteiger partial charge in [-0.05, 0) is 12.1 Å². The molecule has 0 unspecified atom stereocenters. The van der Waals surface area contributed by atoms with Gasteiger partial charge in [-0.2, -0.15) is 9.57 Å². The first-order chi connectivity index (χ1) is 9.11. The molecule has 0 aromatic carbocycles.